The Balaban J connectivity index is 2.43. The number of amides is 1. The summed E-state index contributed by atoms with van der Waals surface area (Å²) in [7, 11) is 1.64. The molecule has 0 radical (unpaired) electrons. The van der Waals surface area contributed by atoms with Crippen molar-refractivity contribution in [2.24, 2.45) is 11.3 Å². The number of methoxy groups -OCH3 is 1. The third-order valence-electron chi connectivity index (χ3n) is 3.77. The number of carbonyl (C=O) groups is 1. The van der Waals surface area contributed by atoms with Gasteiger partial charge in [0.15, 0.2) is 0 Å². The van der Waals surface area contributed by atoms with Gasteiger partial charge in [-0.15, -0.1) is 0 Å². The molecule has 0 unspecified atom stereocenters. The van der Waals surface area contributed by atoms with Crippen LogP contribution in [0.3, 0.4) is 0 Å². The fraction of sp³-hybridized carbons (Fsp3) is 0.500. The molecule has 0 bridgehead atoms. The summed E-state index contributed by atoms with van der Waals surface area (Å²) in [6.45, 7) is 10.4. The second-order valence-corrected chi connectivity index (χ2v) is 8.01. The first-order valence-corrected chi connectivity index (χ1v) is 8.71. The second-order valence-electron chi connectivity index (χ2n) is 8.01. The molecule has 136 valence electrons. The topological polar surface area (TPSA) is 67.0 Å². The summed E-state index contributed by atoms with van der Waals surface area (Å²) in [5.41, 5.74) is 3.21. The van der Waals surface area contributed by atoms with E-state index in [4.69, 9.17) is 4.74 Å². The highest BCUT2D eigenvalue weighted by Gasteiger charge is 2.22. The van der Waals surface area contributed by atoms with E-state index in [-0.39, 0.29) is 11.3 Å². The van der Waals surface area contributed by atoms with Crippen LogP contribution in [0.5, 0.6) is 5.75 Å². The molecule has 0 saturated heterocycles. The first-order valence-electron chi connectivity index (χ1n) is 8.71. The minimum atomic E-state index is -0.0728. The fourth-order valence-corrected chi connectivity index (χ4v) is 2.77. The smallest absolute Gasteiger partial charge is 0.225 e. The summed E-state index contributed by atoms with van der Waals surface area (Å²) in [6, 6.07) is 7.71. The summed E-state index contributed by atoms with van der Waals surface area (Å²) >= 11 is 0. The minimum absolute atomic E-state index is 0.00458. The standard InChI is InChI=1S/C20H29N3O2/c1-13(2)11-15-19(21-17(24)12-20(3,4)5)18(23-22-15)14-9-7-8-10-16(14)25-6/h7-10,13H,11-12H2,1-6H3,(H,21,24)(H,22,23). The highest BCUT2D eigenvalue weighted by atomic mass is 16.5. The van der Waals surface area contributed by atoms with E-state index < -0.39 is 0 Å². The predicted molar refractivity (Wildman–Crippen MR) is 102 cm³/mol. The third-order valence-corrected chi connectivity index (χ3v) is 3.77. The maximum absolute atomic E-state index is 12.5. The number of hydrogen-bond acceptors (Lipinski definition) is 3. The first-order chi connectivity index (χ1) is 11.7. The molecule has 2 rings (SSSR count). The van der Waals surface area contributed by atoms with Crippen LogP contribution in [0.1, 0.15) is 46.7 Å². The van der Waals surface area contributed by atoms with Gasteiger partial charge in [0.25, 0.3) is 0 Å². The molecule has 0 saturated carbocycles. The van der Waals surface area contributed by atoms with Crippen LogP contribution in [0.15, 0.2) is 24.3 Å². The molecule has 5 heteroatoms. The van der Waals surface area contributed by atoms with Crippen LogP contribution >= 0.6 is 0 Å². The van der Waals surface area contributed by atoms with Crippen LogP contribution in [-0.2, 0) is 11.2 Å². The Bertz CT molecular complexity index is 727. The van der Waals surface area contributed by atoms with Gasteiger partial charge in [-0.1, -0.05) is 46.8 Å². The van der Waals surface area contributed by atoms with Crippen molar-refractivity contribution in [3.05, 3.63) is 30.0 Å². The monoisotopic (exact) mass is 343 g/mol. The summed E-state index contributed by atoms with van der Waals surface area (Å²) in [4.78, 5) is 12.5. The van der Waals surface area contributed by atoms with Gasteiger partial charge >= 0.3 is 0 Å². The molecule has 1 amide bonds. The van der Waals surface area contributed by atoms with Crippen molar-refractivity contribution in [1.29, 1.82) is 0 Å². The van der Waals surface area contributed by atoms with E-state index in [1.807, 2.05) is 24.3 Å². The number of hydrogen-bond donors (Lipinski definition) is 2. The number of aromatic amines is 1. The van der Waals surface area contributed by atoms with E-state index in [1.165, 1.54) is 0 Å². The Morgan fingerprint density at radius 3 is 2.56 bits per heavy atom. The van der Waals surface area contributed by atoms with Gasteiger partial charge in [0, 0.05) is 12.0 Å². The molecule has 25 heavy (non-hydrogen) atoms. The molecular formula is C20H29N3O2. The van der Waals surface area contributed by atoms with E-state index in [0.29, 0.717) is 12.3 Å². The lowest BCUT2D eigenvalue weighted by molar-refractivity contribution is -0.117. The van der Waals surface area contributed by atoms with E-state index in [9.17, 15) is 4.79 Å². The van der Waals surface area contributed by atoms with Gasteiger partial charge < -0.3 is 10.1 Å². The zero-order valence-corrected chi connectivity index (χ0v) is 16.1. The largest absolute Gasteiger partial charge is 0.496 e. The Morgan fingerprint density at radius 2 is 1.96 bits per heavy atom. The molecule has 2 N–H and O–H groups in total. The van der Waals surface area contributed by atoms with E-state index in [1.54, 1.807) is 7.11 Å². The van der Waals surface area contributed by atoms with Crippen LogP contribution in [0.25, 0.3) is 11.3 Å². The van der Waals surface area contributed by atoms with Gasteiger partial charge in [-0.05, 0) is 29.9 Å². The van der Waals surface area contributed by atoms with Gasteiger partial charge in [0.1, 0.15) is 11.4 Å². The van der Waals surface area contributed by atoms with Crippen LogP contribution in [0.4, 0.5) is 5.69 Å². The average molecular weight is 343 g/mol. The highest BCUT2D eigenvalue weighted by molar-refractivity contribution is 5.96. The van der Waals surface area contributed by atoms with Crippen LogP contribution in [0.2, 0.25) is 0 Å². The molecule has 0 aliphatic carbocycles. The highest BCUT2D eigenvalue weighted by Crippen LogP contribution is 2.36. The van der Waals surface area contributed by atoms with Crippen molar-refractivity contribution < 1.29 is 9.53 Å². The number of H-pyrrole nitrogens is 1. The van der Waals surface area contributed by atoms with Gasteiger partial charge in [0.05, 0.1) is 18.5 Å². The summed E-state index contributed by atoms with van der Waals surface area (Å²) < 4.78 is 5.46. The van der Waals surface area contributed by atoms with Gasteiger partial charge in [-0.25, -0.2) is 0 Å². The van der Waals surface area contributed by atoms with E-state index >= 15 is 0 Å². The number of para-hydroxylation sites is 1. The number of rotatable bonds is 6. The number of aromatic nitrogens is 2. The average Bonchev–Trinajstić information content (AvgIpc) is 2.87. The fourth-order valence-electron chi connectivity index (χ4n) is 2.77. The van der Waals surface area contributed by atoms with Crippen molar-refractivity contribution in [2.75, 3.05) is 12.4 Å². The molecule has 0 atom stereocenters. The Kier molecular flexibility index (Phi) is 5.88. The molecule has 1 aromatic carbocycles. The zero-order chi connectivity index (χ0) is 18.6. The van der Waals surface area contributed by atoms with Gasteiger partial charge in [-0.3, -0.25) is 9.89 Å². The molecule has 1 aromatic heterocycles. The molecule has 5 nitrogen and oxygen atoms in total. The van der Waals surface area contributed by atoms with Gasteiger partial charge in [-0.2, -0.15) is 5.10 Å². The first kappa shape index (κ1) is 19.0. The Labute approximate surface area is 150 Å². The number of anilines is 1. The summed E-state index contributed by atoms with van der Waals surface area (Å²) in [5, 5.41) is 10.7. The number of ether oxygens (including phenoxy) is 1. The van der Waals surface area contributed by atoms with Crippen molar-refractivity contribution in [1.82, 2.24) is 10.2 Å². The number of benzene rings is 1. The molecular weight excluding hydrogens is 314 g/mol. The number of nitrogens with one attached hydrogen (secondary N) is 2. The van der Waals surface area contributed by atoms with Crippen LogP contribution < -0.4 is 10.1 Å². The molecule has 2 aromatic rings. The molecule has 0 spiro atoms. The molecule has 0 fully saturated rings. The second kappa shape index (κ2) is 7.72. The normalized spacial score (nSPS) is 11.6. The summed E-state index contributed by atoms with van der Waals surface area (Å²) in [5.74, 6) is 1.18. The molecule has 1 heterocycles. The number of nitrogens with zero attached hydrogens (tertiary/aromatic N) is 1. The minimum Gasteiger partial charge on any atom is -0.496 e. The SMILES string of the molecule is COc1ccccc1-c1n[nH]c(CC(C)C)c1NC(=O)CC(C)(C)C. The maximum atomic E-state index is 12.5. The predicted octanol–water partition coefficient (Wildman–Crippen LogP) is 4.66. The molecule has 0 aliphatic rings. The quantitative estimate of drug-likeness (QED) is 0.801. The number of carbonyl (C=O) groups excluding carboxylic acids is 1. The lowest BCUT2D eigenvalue weighted by atomic mass is 9.92. The lowest BCUT2D eigenvalue weighted by Gasteiger charge is -2.18. The van der Waals surface area contributed by atoms with Gasteiger partial charge in [0.2, 0.25) is 5.91 Å². The Hall–Kier alpha value is -2.30. The van der Waals surface area contributed by atoms with Crippen molar-refractivity contribution in [2.45, 2.75) is 47.5 Å². The van der Waals surface area contributed by atoms with Crippen LogP contribution in [0, 0.1) is 11.3 Å². The lowest BCUT2D eigenvalue weighted by Crippen LogP contribution is -2.20. The third kappa shape index (κ3) is 5.08. The summed E-state index contributed by atoms with van der Waals surface area (Å²) in [6.07, 6.45) is 1.26. The Morgan fingerprint density at radius 1 is 1.28 bits per heavy atom. The van der Waals surface area contributed by atoms with Crippen molar-refractivity contribution >= 4 is 11.6 Å². The van der Waals surface area contributed by atoms with Crippen molar-refractivity contribution in [3.63, 3.8) is 0 Å². The maximum Gasteiger partial charge on any atom is 0.225 e. The van der Waals surface area contributed by atoms with E-state index in [2.05, 4.69) is 50.1 Å². The van der Waals surface area contributed by atoms with Crippen LogP contribution in [-0.4, -0.2) is 23.2 Å². The van der Waals surface area contributed by atoms with E-state index in [0.717, 1.165) is 34.8 Å². The zero-order valence-electron chi connectivity index (χ0n) is 16.1. The molecule has 0 aliphatic heterocycles. The van der Waals surface area contributed by atoms with Crippen molar-refractivity contribution in [3.8, 4) is 17.0 Å².